The molecular weight excluding hydrogens is 330 g/mol. The predicted octanol–water partition coefficient (Wildman–Crippen LogP) is 2.60. The topological polar surface area (TPSA) is 92.8 Å². The number of para-hydroxylation sites is 1. The summed E-state index contributed by atoms with van der Waals surface area (Å²) < 4.78 is 7.31. The molecule has 0 saturated carbocycles. The molecule has 3 aromatic rings. The molecule has 0 aliphatic heterocycles. The van der Waals surface area contributed by atoms with Crippen LogP contribution in [0, 0.1) is 11.3 Å². The molecule has 7 heteroatoms. The fourth-order valence-electron chi connectivity index (χ4n) is 2.34. The van der Waals surface area contributed by atoms with E-state index in [1.807, 2.05) is 18.2 Å². The summed E-state index contributed by atoms with van der Waals surface area (Å²) in [7, 11) is 0. The summed E-state index contributed by atoms with van der Waals surface area (Å²) in [6.07, 6.45) is 6.03. The van der Waals surface area contributed by atoms with Crippen LogP contribution in [0.1, 0.15) is 18.1 Å². The van der Waals surface area contributed by atoms with Crippen molar-refractivity contribution in [1.82, 2.24) is 14.8 Å². The second-order valence-corrected chi connectivity index (χ2v) is 5.65. The van der Waals surface area contributed by atoms with Crippen molar-refractivity contribution in [1.29, 1.82) is 5.26 Å². The molecule has 2 aromatic heterocycles. The van der Waals surface area contributed by atoms with Gasteiger partial charge in [-0.15, -0.1) is 0 Å². The number of ether oxygens (including phenoxy) is 1. The molecule has 0 spiro atoms. The van der Waals surface area contributed by atoms with Crippen LogP contribution in [0.15, 0.2) is 61.2 Å². The van der Waals surface area contributed by atoms with E-state index in [1.54, 1.807) is 60.7 Å². The SMILES string of the molecule is CC(Oc1ccccc1C#N)C(=O)Nc1cnn(Cc2cccnc2)c1. The average molecular weight is 347 g/mol. The molecule has 2 heterocycles. The Labute approximate surface area is 150 Å². The van der Waals surface area contributed by atoms with Crippen molar-refractivity contribution < 1.29 is 9.53 Å². The third-order valence-electron chi connectivity index (χ3n) is 3.65. The van der Waals surface area contributed by atoms with Gasteiger partial charge in [-0.2, -0.15) is 10.4 Å². The molecule has 3 rings (SSSR count). The van der Waals surface area contributed by atoms with Crippen molar-refractivity contribution >= 4 is 11.6 Å². The van der Waals surface area contributed by atoms with Crippen LogP contribution in [0.4, 0.5) is 5.69 Å². The molecule has 0 bridgehead atoms. The van der Waals surface area contributed by atoms with Gasteiger partial charge in [-0.1, -0.05) is 18.2 Å². The predicted molar refractivity (Wildman–Crippen MR) is 95.4 cm³/mol. The minimum absolute atomic E-state index is 0.321. The van der Waals surface area contributed by atoms with E-state index in [-0.39, 0.29) is 5.91 Å². The molecule has 0 saturated heterocycles. The Morgan fingerprint density at radius 3 is 2.92 bits per heavy atom. The maximum Gasteiger partial charge on any atom is 0.265 e. The molecule has 1 unspecified atom stereocenters. The first-order valence-corrected chi connectivity index (χ1v) is 8.03. The van der Waals surface area contributed by atoms with Gasteiger partial charge in [0.1, 0.15) is 11.8 Å². The Morgan fingerprint density at radius 1 is 1.31 bits per heavy atom. The van der Waals surface area contributed by atoms with Crippen molar-refractivity contribution in [2.75, 3.05) is 5.32 Å². The highest BCUT2D eigenvalue weighted by molar-refractivity contribution is 5.93. The first-order chi connectivity index (χ1) is 12.7. The molecule has 26 heavy (non-hydrogen) atoms. The Morgan fingerprint density at radius 2 is 2.15 bits per heavy atom. The van der Waals surface area contributed by atoms with Gasteiger partial charge in [0.2, 0.25) is 0 Å². The van der Waals surface area contributed by atoms with Crippen LogP contribution in [-0.4, -0.2) is 26.8 Å². The van der Waals surface area contributed by atoms with E-state index in [2.05, 4.69) is 15.4 Å². The van der Waals surface area contributed by atoms with E-state index in [4.69, 9.17) is 10.00 Å². The minimum atomic E-state index is -0.758. The number of carbonyl (C=O) groups is 1. The van der Waals surface area contributed by atoms with Crippen LogP contribution in [0.25, 0.3) is 0 Å². The van der Waals surface area contributed by atoms with Crippen LogP contribution in [0.5, 0.6) is 5.75 Å². The lowest BCUT2D eigenvalue weighted by atomic mass is 10.2. The first-order valence-electron chi connectivity index (χ1n) is 8.03. The summed E-state index contributed by atoms with van der Waals surface area (Å²) in [5.74, 6) is 0.0589. The smallest absolute Gasteiger partial charge is 0.265 e. The van der Waals surface area contributed by atoms with Gasteiger partial charge in [0.05, 0.1) is 24.0 Å². The molecule has 1 amide bonds. The largest absolute Gasteiger partial charge is 0.480 e. The van der Waals surface area contributed by atoms with E-state index >= 15 is 0 Å². The number of pyridine rings is 1. The number of carbonyl (C=O) groups excluding carboxylic acids is 1. The monoisotopic (exact) mass is 347 g/mol. The van der Waals surface area contributed by atoms with Gasteiger partial charge in [0.25, 0.3) is 5.91 Å². The second-order valence-electron chi connectivity index (χ2n) is 5.65. The number of nitriles is 1. The van der Waals surface area contributed by atoms with Gasteiger partial charge in [0.15, 0.2) is 6.10 Å². The van der Waals surface area contributed by atoms with E-state index in [9.17, 15) is 4.79 Å². The number of hydrogen-bond donors (Lipinski definition) is 1. The summed E-state index contributed by atoms with van der Waals surface area (Å²) in [6, 6.07) is 12.7. The average Bonchev–Trinajstić information content (AvgIpc) is 3.09. The Hall–Kier alpha value is -3.66. The molecule has 1 N–H and O–H groups in total. The zero-order valence-electron chi connectivity index (χ0n) is 14.2. The van der Waals surface area contributed by atoms with Crippen molar-refractivity contribution in [3.63, 3.8) is 0 Å². The standard InChI is InChI=1S/C19H17N5O2/c1-14(26-18-7-3-2-6-16(18)9-20)19(25)23-17-11-22-24(13-17)12-15-5-4-8-21-10-15/h2-8,10-11,13-14H,12H2,1H3,(H,23,25). The van der Waals surface area contributed by atoms with Crippen molar-refractivity contribution in [2.45, 2.75) is 19.6 Å². The maximum absolute atomic E-state index is 12.3. The minimum Gasteiger partial charge on any atom is -0.480 e. The van der Waals surface area contributed by atoms with E-state index in [0.717, 1.165) is 5.56 Å². The highest BCUT2D eigenvalue weighted by Gasteiger charge is 2.17. The molecule has 0 radical (unpaired) electrons. The highest BCUT2D eigenvalue weighted by atomic mass is 16.5. The zero-order valence-corrected chi connectivity index (χ0v) is 14.2. The van der Waals surface area contributed by atoms with Crippen LogP contribution < -0.4 is 10.1 Å². The van der Waals surface area contributed by atoms with Gasteiger partial charge in [-0.25, -0.2) is 0 Å². The first kappa shape index (κ1) is 17.2. The van der Waals surface area contributed by atoms with Crippen molar-refractivity contribution in [2.24, 2.45) is 0 Å². The van der Waals surface area contributed by atoms with Gasteiger partial charge < -0.3 is 10.1 Å². The number of nitrogens with zero attached hydrogens (tertiary/aromatic N) is 4. The number of nitrogens with one attached hydrogen (secondary N) is 1. The van der Waals surface area contributed by atoms with Crippen LogP contribution >= 0.6 is 0 Å². The molecule has 130 valence electrons. The van der Waals surface area contributed by atoms with Gasteiger partial charge >= 0.3 is 0 Å². The quantitative estimate of drug-likeness (QED) is 0.740. The van der Waals surface area contributed by atoms with Gasteiger partial charge in [-0.3, -0.25) is 14.5 Å². The molecule has 1 atom stereocenters. The summed E-state index contributed by atoms with van der Waals surface area (Å²) >= 11 is 0. The van der Waals surface area contributed by atoms with E-state index in [1.165, 1.54) is 0 Å². The fourth-order valence-corrected chi connectivity index (χ4v) is 2.34. The summed E-state index contributed by atoms with van der Waals surface area (Å²) in [5.41, 5.74) is 1.97. The highest BCUT2D eigenvalue weighted by Crippen LogP contribution is 2.18. The summed E-state index contributed by atoms with van der Waals surface area (Å²) in [4.78, 5) is 16.4. The maximum atomic E-state index is 12.3. The molecular formula is C19H17N5O2. The number of rotatable bonds is 6. The van der Waals surface area contributed by atoms with Crippen molar-refractivity contribution in [3.05, 3.63) is 72.3 Å². The molecule has 1 aromatic carbocycles. The number of amides is 1. The lowest BCUT2D eigenvalue weighted by Crippen LogP contribution is -2.30. The fraction of sp³-hybridized carbons (Fsp3) is 0.158. The normalized spacial score (nSPS) is 11.4. The van der Waals surface area contributed by atoms with E-state index < -0.39 is 6.10 Å². The van der Waals surface area contributed by atoms with Crippen LogP contribution in [0.3, 0.4) is 0 Å². The molecule has 7 nitrogen and oxygen atoms in total. The Kier molecular flexibility index (Phi) is 5.25. The van der Waals surface area contributed by atoms with Gasteiger partial charge in [0, 0.05) is 18.6 Å². The molecule has 0 aliphatic carbocycles. The van der Waals surface area contributed by atoms with Crippen molar-refractivity contribution in [3.8, 4) is 11.8 Å². The number of benzene rings is 1. The van der Waals surface area contributed by atoms with Crippen LogP contribution in [-0.2, 0) is 11.3 Å². The summed E-state index contributed by atoms with van der Waals surface area (Å²) in [6.45, 7) is 2.19. The second kappa shape index (κ2) is 7.94. The van der Waals surface area contributed by atoms with E-state index in [0.29, 0.717) is 23.5 Å². The lowest BCUT2D eigenvalue weighted by molar-refractivity contribution is -0.122. The lowest BCUT2D eigenvalue weighted by Gasteiger charge is -2.14. The Balaban J connectivity index is 1.60. The number of hydrogen-bond acceptors (Lipinski definition) is 5. The third-order valence-corrected chi connectivity index (χ3v) is 3.65. The number of anilines is 1. The summed E-state index contributed by atoms with van der Waals surface area (Å²) in [5, 5.41) is 16.1. The zero-order chi connectivity index (χ0) is 18.4. The van der Waals surface area contributed by atoms with Crippen LogP contribution in [0.2, 0.25) is 0 Å². The molecule has 0 aliphatic rings. The Bertz CT molecular complexity index is 930. The number of aromatic nitrogens is 3. The molecule has 0 fully saturated rings. The van der Waals surface area contributed by atoms with Gasteiger partial charge in [-0.05, 0) is 30.7 Å². The third kappa shape index (κ3) is 4.24.